The second kappa shape index (κ2) is 8.75. The third-order valence-corrected chi connectivity index (χ3v) is 7.30. The summed E-state index contributed by atoms with van der Waals surface area (Å²) in [5.41, 5.74) is 2.70. The van der Waals surface area contributed by atoms with Gasteiger partial charge in [-0.05, 0) is 36.9 Å². The molecular formula is C22H23FN2O2S2. The van der Waals surface area contributed by atoms with E-state index in [2.05, 4.69) is 17.1 Å². The van der Waals surface area contributed by atoms with Crippen LogP contribution in [-0.4, -0.2) is 37.1 Å². The summed E-state index contributed by atoms with van der Waals surface area (Å²) in [5, 5.41) is 5.77. The van der Waals surface area contributed by atoms with Crippen LogP contribution in [-0.2, 0) is 4.74 Å². The topological polar surface area (TPSA) is 41.6 Å². The molecule has 3 heterocycles. The van der Waals surface area contributed by atoms with E-state index in [0.717, 1.165) is 21.0 Å². The number of benzene rings is 1. The van der Waals surface area contributed by atoms with E-state index in [-0.39, 0.29) is 17.8 Å². The maximum atomic E-state index is 14.9. The second-order valence-corrected chi connectivity index (χ2v) is 9.20. The minimum atomic E-state index is -0.274. The molecule has 0 spiro atoms. The summed E-state index contributed by atoms with van der Waals surface area (Å²) in [5.74, 6) is -0.362. The average Bonchev–Trinajstić information content (AvgIpc) is 3.35. The highest BCUT2D eigenvalue weighted by Crippen LogP contribution is 2.43. The van der Waals surface area contributed by atoms with Gasteiger partial charge >= 0.3 is 0 Å². The fourth-order valence-electron chi connectivity index (χ4n) is 3.71. The monoisotopic (exact) mass is 430 g/mol. The Balaban J connectivity index is 1.79. The number of morpholine rings is 1. The molecule has 0 aliphatic carbocycles. The number of aryl methyl sites for hydroxylation is 1. The maximum Gasteiger partial charge on any atom is 0.266 e. The number of nitrogens with one attached hydrogen (secondary N) is 1. The van der Waals surface area contributed by atoms with E-state index in [4.69, 9.17) is 4.74 Å². The Bertz CT molecular complexity index is 994. The van der Waals surface area contributed by atoms with Crippen LogP contribution >= 0.6 is 22.7 Å². The highest BCUT2D eigenvalue weighted by Gasteiger charge is 2.32. The smallest absolute Gasteiger partial charge is 0.266 e. The van der Waals surface area contributed by atoms with Crippen LogP contribution in [0.2, 0.25) is 0 Å². The summed E-state index contributed by atoms with van der Waals surface area (Å²) in [6, 6.07) is 10.3. The van der Waals surface area contributed by atoms with Crippen LogP contribution in [0.5, 0.6) is 0 Å². The van der Waals surface area contributed by atoms with Crippen molar-refractivity contribution in [3.8, 4) is 0 Å². The first-order chi connectivity index (χ1) is 14.1. The SMILES string of the molecule is Cc1sc(NC(=O)c2cccs2)c([C@@H](c2ccccc2F)N2CCOCC2)c1C. The Labute approximate surface area is 177 Å². The Morgan fingerprint density at radius 3 is 2.62 bits per heavy atom. The van der Waals surface area contributed by atoms with Gasteiger partial charge < -0.3 is 10.1 Å². The lowest BCUT2D eigenvalue weighted by Crippen LogP contribution is -2.40. The number of anilines is 1. The highest BCUT2D eigenvalue weighted by molar-refractivity contribution is 7.17. The Hall–Kier alpha value is -2.06. The lowest BCUT2D eigenvalue weighted by atomic mass is 9.94. The molecule has 1 saturated heterocycles. The van der Waals surface area contributed by atoms with E-state index in [9.17, 15) is 9.18 Å². The van der Waals surface area contributed by atoms with Crippen molar-refractivity contribution in [1.29, 1.82) is 0 Å². The van der Waals surface area contributed by atoms with E-state index < -0.39 is 0 Å². The van der Waals surface area contributed by atoms with Gasteiger partial charge in [0.25, 0.3) is 5.91 Å². The average molecular weight is 431 g/mol. The van der Waals surface area contributed by atoms with Gasteiger partial charge in [0.1, 0.15) is 10.8 Å². The molecular weight excluding hydrogens is 407 g/mol. The molecule has 7 heteroatoms. The first kappa shape index (κ1) is 20.2. The molecule has 3 aromatic rings. The van der Waals surface area contributed by atoms with Crippen molar-refractivity contribution in [3.05, 3.63) is 74.0 Å². The number of thiophene rings is 2. The fourth-order valence-corrected chi connectivity index (χ4v) is 5.41. The van der Waals surface area contributed by atoms with Crippen molar-refractivity contribution in [2.45, 2.75) is 19.9 Å². The molecule has 1 aliphatic rings. The molecule has 4 nitrogen and oxygen atoms in total. The quantitative estimate of drug-likeness (QED) is 0.602. The number of amides is 1. The highest BCUT2D eigenvalue weighted by atomic mass is 32.1. The molecule has 0 saturated carbocycles. The number of carbonyl (C=O) groups is 1. The summed E-state index contributed by atoms with van der Waals surface area (Å²) < 4.78 is 20.4. The Morgan fingerprint density at radius 1 is 1.17 bits per heavy atom. The lowest BCUT2D eigenvalue weighted by molar-refractivity contribution is 0.0234. The molecule has 1 atom stereocenters. The zero-order valence-corrected chi connectivity index (χ0v) is 18.0. The van der Waals surface area contributed by atoms with Gasteiger partial charge in [0.15, 0.2) is 0 Å². The van der Waals surface area contributed by atoms with Crippen LogP contribution < -0.4 is 5.32 Å². The molecule has 0 unspecified atom stereocenters. The first-order valence-electron chi connectivity index (χ1n) is 9.57. The summed E-state index contributed by atoms with van der Waals surface area (Å²) in [6.45, 7) is 6.75. The van der Waals surface area contributed by atoms with Gasteiger partial charge in [0.2, 0.25) is 0 Å². The van der Waals surface area contributed by atoms with Gasteiger partial charge in [-0.15, -0.1) is 22.7 Å². The molecule has 4 rings (SSSR count). The fraction of sp³-hybridized carbons (Fsp3) is 0.318. The molecule has 0 bridgehead atoms. The predicted octanol–water partition coefficient (Wildman–Crippen LogP) is 5.24. The Morgan fingerprint density at radius 2 is 1.93 bits per heavy atom. The first-order valence-corrected chi connectivity index (χ1v) is 11.3. The molecule has 2 aromatic heterocycles. The van der Waals surface area contributed by atoms with Crippen LogP contribution in [0.4, 0.5) is 9.39 Å². The third kappa shape index (κ3) is 4.14. The van der Waals surface area contributed by atoms with Crippen molar-refractivity contribution < 1.29 is 13.9 Å². The Kier molecular flexibility index (Phi) is 6.10. The van der Waals surface area contributed by atoms with Gasteiger partial charge in [-0.25, -0.2) is 4.39 Å². The molecule has 1 aromatic carbocycles. The molecule has 29 heavy (non-hydrogen) atoms. The van der Waals surface area contributed by atoms with Crippen LogP contribution in [0.25, 0.3) is 0 Å². The number of halogens is 1. The standard InChI is InChI=1S/C22H23FN2O2S2/c1-14-15(2)29-22(24-21(26)18-8-5-13-28-18)19(14)20(25-9-11-27-12-10-25)16-6-3-4-7-17(16)23/h3-8,13,20H,9-12H2,1-2H3,(H,24,26)/t20-/m1/s1. The summed E-state index contributed by atoms with van der Waals surface area (Å²) in [7, 11) is 0. The van der Waals surface area contributed by atoms with Crippen LogP contribution in [0.3, 0.4) is 0 Å². The largest absolute Gasteiger partial charge is 0.379 e. The second-order valence-electron chi connectivity index (χ2n) is 7.03. The maximum absolute atomic E-state index is 14.9. The van der Waals surface area contributed by atoms with E-state index in [1.165, 1.54) is 17.4 Å². The number of hydrogen-bond acceptors (Lipinski definition) is 5. The van der Waals surface area contributed by atoms with Gasteiger partial charge in [-0.1, -0.05) is 24.3 Å². The summed E-state index contributed by atoms with van der Waals surface area (Å²) in [6.07, 6.45) is 0. The zero-order chi connectivity index (χ0) is 20.4. The van der Waals surface area contributed by atoms with Gasteiger partial charge in [-0.2, -0.15) is 0 Å². The number of nitrogens with zero attached hydrogens (tertiary/aromatic N) is 1. The number of ether oxygens (including phenoxy) is 1. The van der Waals surface area contributed by atoms with Gasteiger partial charge in [-0.3, -0.25) is 9.69 Å². The molecule has 152 valence electrons. The number of carbonyl (C=O) groups excluding carboxylic acids is 1. The van der Waals surface area contributed by atoms with Gasteiger partial charge in [0.05, 0.1) is 24.1 Å². The molecule has 1 fully saturated rings. The van der Waals surface area contributed by atoms with Crippen molar-refractivity contribution in [2.24, 2.45) is 0 Å². The molecule has 1 N–H and O–H groups in total. The zero-order valence-electron chi connectivity index (χ0n) is 16.4. The predicted molar refractivity (Wildman–Crippen MR) is 117 cm³/mol. The van der Waals surface area contributed by atoms with Crippen LogP contribution in [0, 0.1) is 19.7 Å². The summed E-state index contributed by atoms with van der Waals surface area (Å²) in [4.78, 5) is 16.8. The van der Waals surface area contributed by atoms with Crippen LogP contribution in [0.15, 0.2) is 41.8 Å². The van der Waals surface area contributed by atoms with Crippen molar-refractivity contribution in [3.63, 3.8) is 0 Å². The van der Waals surface area contributed by atoms with E-state index >= 15 is 0 Å². The number of rotatable bonds is 5. The summed E-state index contributed by atoms with van der Waals surface area (Å²) >= 11 is 2.96. The molecule has 1 aliphatic heterocycles. The van der Waals surface area contributed by atoms with Crippen molar-refractivity contribution in [2.75, 3.05) is 31.6 Å². The van der Waals surface area contributed by atoms with Gasteiger partial charge in [0, 0.05) is 29.1 Å². The van der Waals surface area contributed by atoms with Crippen molar-refractivity contribution in [1.82, 2.24) is 4.90 Å². The van der Waals surface area contributed by atoms with E-state index in [1.807, 2.05) is 36.6 Å². The molecule has 1 amide bonds. The minimum Gasteiger partial charge on any atom is -0.379 e. The third-order valence-electron chi connectivity index (χ3n) is 5.29. The minimum absolute atomic E-state index is 0.128. The van der Waals surface area contributed by atoms with Crippen LogP contribution in [0.1, 0.15) is 37.3 Å². The number of hydrogen-bond donors (Lipinski definition) is 1. The molecule has 0 radical (unpaired) electrons. The normalized spacial score (nSPS) is 16.0. The van der Waals surface area contributed by atoms with E-state index in [1.54, 1.807) is 17.4 Å². The van der Waals surface area contributed by atoms with E-state index in [0.29, 0.717) is 36.7 Å². The lowest BCUT2D eigenvalue weighted by Gasteiger charge is -2.35. The van der Waals surface area contributed by atoms with Crippen molar-refractivity contribution >= 4 is 33.6 Å².